The van der Waals surface area contributed by atoms with E-state index in [1.165, 1.54) is 19.3 Å². The molecule has 0 aliphatic heterocycles. The van der Waals surface area contributed by atoms with E-state index in [2.05, 4.69) is 4.98 Å². The monoisotopic (exact) mass is 352 g/mol. The summed E-state index contributed by atoms with van der Waals surface area (Å²) in [5.74, 6) is 1.95. The molecule has 1 aromatic carbocycles. The van der Waals surface area contributed by atoms with Gasteiger partial charge in [0.25, 0.3) is 0 Å². The zero-order valence-electron chi connectivity index (χ0n) is 14.9. The highest BCUT2D eigenvalue weighted by Crippen LogP contribution is 2.60. The third-order valence-electron chi connectivity index (χ3n) is 6.82. The Hall–Kier alpha value is -2.17. The van der Waals surface area contributed by atoms with Gasteiger partial charge < -0.3 is 9.30 Å². The number of hydrogen-bond donors (Lipinski definition) is 0. The maximum atomic E-state index is 12.9. The van der Waals surface area contributed by atoms with Crippen molar-refractivity contribution in [1.82, 2.24) is 9.55 Å². The number of para-hydroxylation sites is 2. The van der Waals surface area contributed by atoms with Gasteiger partial charge in [-0.15, -0.1) is 0 Å². The Morgan fingerprint density at radius 1 is 1.08 bits per heavy atom. The van der Waals surface area contributed by atoms with Crippen LogP contribution in [0.1, 0.15) is 38.5 Å². The maximum Gasteiger partial charge on any atom is 0.326 e. The van der Waals surface area contributed by atoms with E-state index in [0.717, 1.165) is 48.0 Å². The summed E-state index contributed by atoms with van der Waals surface area (Å²) in [7, 11) is 0. The van der Waals surface area contributed by atoms with Gasteiger partial charge in [0.2, 0.25) is 0 Å². The molecule has 0 amide bonds. The first-order valence-electron chi connectivity index (χ1n) is 9.70. The SMILES string of the molecule is O=C(Cn1cnc2ccccc21)OCC(=O)C12CC3CC(CC(C3)C1)C2. The second-order valence-corrected chi connectivity index (χ2v) is 8.64. The molecule has 4 saturated carbocycles. The van der Waals surface area contributed by atoms with Crippen LogP contribution in [-0.4, -0.2) is 27.9 Å². The Balaban J connectivity index is 1.22. The van der Waals surface area contributed by atoms with E-state index in [1.807, 2.05) is 24.3 Å². The third kappa shape index (κ3) is 2.65. The molecule has 26 heavy (non-hydrogen) atoms. The summed E-state index contributed by atoms with van der Waals surface area (Å²) in [6.07, 6.45) is 8.61. The summed E-state index contributed by atoms with van der Waals surface area (Å²) >= 11 is 0. The van der Waals surface area contributed by atoms with Crippen LogP contribution in [0.2, 0.25) is 0 Å². The minimum Gasteiger partial charge on any atom is -0.456 e. The molecule has 5 nitrogen and oxygen atoms in total. The Labute approximate surface area is 152 Å². The number of benzene rings is 1. The molecular weight excluding hydrogens is 328 g/mol. The van der Waals surface area contributed by atoms with E-state index in [0.29, 0.717) is 0 Å². The fourth-order valence-electron chi connectivity index (χ4n) is 6.07. The summed E-state index contributed by atoms with van der Waals surface area (Å²) in [5.41, 5.74) is 1.55. The van der Waals surface area contributed by atoms with Crippen LogP contribution in [0, 0.1) is 23.2 Å². The smallest absolute Gasteiger partial charge is 0.326 e. The molecule has 1 heterocycles. The normalized spacial score (nSPS) is 32.1. The van der Waals surface area contributed by atoms with Crippen LogP contribution in [0.4, 0.5) is 0 Å². The lowest BCUT2D eigenvalue weighted by molar-refractivity contribution is -0.158. The van der Waals surface area contributed by atoms with E-state index >= 15 is 0 Å². The Morgan fingerprint density at radius 3 is 2.42 bits per heavy atom. The quantitative estimate of drug-likeness (QED) is 0.774. The third-order valence-corrected chi connectivity index (χ3v) is 6.82. The predicted molar refractivity (Wildman–Crippen MR) is 96.3 cm³/mol. The number of hydrogen-bond acceptors (Lipinski definition) is 4. The lowest BCUT2D eigenvalue weighted by atomic mass is 9.48. The van der Waals surface area contributed by atoms with Crippen LogP contribution in [0.3, 0.4) is 0 Å². The molecule has 4 aliphatic rings. The van der Waals surface area contributed by atoms with Crippen LogP contribution < -0.4 is 0 Å². The molecule has 6 rings (SSSR count). The van der Waals surface area contributed by atoms with Gasteiger partial charge >= 0.3 is 5.97 Å². The summed E-state index contributed by atoms with van der Waals surface area (Å²) in [6, 6.07) is 7.68. The zero-order chi connectivity index (χ0) is 17.7. The lowest BCUT2D eigenvalue weighted by Crippen LogP contribution is -2.51. The van der Waals surface area contributed by atoms with E-state index < -0.39 is 0 Å². The summed E-state index contributed by atoms with van der Waals surface area (Å²) in [5, 5.41) is 0. The summed E-state index contributed by atoms with van der Waals surface area (Å²) in [6.45, 7) is 0.0201. The van der Waals surface area contributed by atoms with Gasteiger partial charge in [-0.05, 0) is 68.4 Å². The number of aromatic nitrogens is 2. The molecule has 5 heteroatoms. The van der Waals surface area contributed by atoms with Crippen molar-refractivity contribution >= 4 is 22.8 Å². The minimum atomic E-state index is -0.369. The molecule has 4 fully saturated rings. The highest BCUT2D eigenvalue weighted by atomic mass is 16.5. The molecular formula is C21H24N2O3. The Morgan fingerprint density at radius 2 is 1.73 bits per heavy atom. The molecule has 0 atom stereocenters. The van der Waals surface area contributed by atoms with Crippen molar-refractivity contribution in [1.29, 1.82) is 0 Å². The van der Waals surface area contributed by atoms with Crippen LogP contribution in [0.15, 0.2) is 30.6 Å². The van der Waals surface area contributed by atoms with Gasteiger partial charge in [0.1, 0.15) is 6.54 Å². The highest BCUT2D eigenvalue weighted by molar-refractivity contribution is 5.88. The van der Waals surface area contributed by atoms with Crippen molar-refractivity contribution < 1.29 is 14.3 Å². The Kier molecular flexibility index (Phi) is 3.66. The van der Waals surface area contributed by atoms with Crippen molar-refractivity contribution in [2.75, 3.05) is 6.61 Å². The van der Waals surface area contributed by atoms with Crippen LogP contribution in [0.5, 0.6) is 0 Å². The minimum absolute atomic E-state index is 0.0718. The molecule has 0 unspecified atom stereocenters. The lowest BCUT2D eigenvalue weighted by Gasteiger charge is -2.55. The Bertz CT molecular complexity index is 834. The fraction of sp³-hybridized carbons (Fsp3) is 0.571. The largest absolute Gasteiger partial charge is 0.456 e. The average molecular weight is 352 g/mol. The van der Waals surface area contributed by atoms with Crippen molar-refractivity contribution in [3.63, 3.8) is 0 Å². The molecule has 0 radical (unpaired) electrons. The van der Waals surface area contributed by atoms with E-state index in [9.17, 15) is 9.59 Å². The topological polar surface area (TPSA) is 61.2 Å². The first-order chi connectivity index (χ1) is 12.6. The molecule has 0 N–H and O–H groups in total. The second kappa shape index (κ2) is 5.93. The number of imidazole rings is 1. The van der Waals surface area contributed by atoms with Crippen LogP contribution >= 0.6 is 0 Å². The number of esters is 1. The van der Waals surface area contributed by atoms with Gasteiger partial charge in [-0.2, -0.15) is 0 Å². The number of Topliss-reactive ketones (excluding diaryl/α,β-unsaturated/α-hetero) is 1. The molecule has 0 spiro atoms. The van der Waals surface area contributed by atoms with Gasteiger partial charge in [-0.25, -0.2) is 4.98 Å². The molecule has 1 aromatic heterocycles. The summed E-state index contributed by atoms with van der Waals surface area (Å²) < 4.78 is 7.15. The first-order valence-corrected chi connectivity index (χ1v) is 9.70. The number of fused-ring (bicyclic) bond motifs is 1. The number of ketones is 1. The summed E-state index contributed by atoms with van der Waals surface area (Å²) in [4.78, 5) is 29.5. The number of ether oxygens (including phenoxy) is 1. The predicted octanol–water partition coefficient (Wildman–Crippen LogP) is 3.37. The van der Waals surface area contributed by atoms with Crippen molar-refractivity contribution in [2.45, 2.75) is 45.1 Å². The van der Waals surface area contributed by atoms with E-state index in [-0.39, 0.29) is 30.3 Å². The molecule has 4 bridgehead atoms. The van der Waals surface area contributed by atoms with Crippen LogP contribution in [0.25, 0.3) is 11.0 Å². The molecule has 2 aromatic rings. The number of rotatable bonds is 5. The maximum absolute atomic E-state index is 12.9. The molecule has 136 valence electrons. The van der Waals surface area contributed by atoms with E-state index in [4.69, 9.17) is 4.74 Å². The van der Waals surface area contributed by atoms with Crippen LogP contribution in [-0.2, 0) is 20.9 Å². The number of carbonyl (C=O) groups is 2. The van der Waals surface area contributed by atoms with E-state index in [1.54, 1.807) is 10.9 Å². The van der Waals surface area contributed by atoms with Gasteiger partial charge in [0.05, 0.1) is 17.4 Å². The standard InChI is InChI=1S/C21H24N2O3/c24-19(21-8-14-5-15(9-21)7-16(6-14)10-21)12-26-20(25)11-23-13-22-17-3-1-2-4-18(17)23/h1-4,13-16H,5-12H2. The van der Waals surface area contributed by atoms with Gasteiger partial charge in [-0.3, -0.25) is 9.59 Å². The first kappa shape index (κ1) is 16.0. The van der Waals surface area contributed by atoms with Gasteiger partial charge in [0.15, 0.2) is 12.4 Å². The van der Waals surface area contributed by atoms with Crippen molar-refractivity contribution in [3.8, 4) is 0 Å². The highest BCUT2D eigenvalue weighted by Gasteiger charge is 2.54. The zero-order valence-corrected chi connectivity index (χ0v) is 14.9. The van der Waals surface area contributed by atoms with Crippen molar-refractivity contribution in [3.05, 3.63) is 30.6 Å². The molecule has 0 saturated heterocycles. The molecule has 4 aliphatic carbocycles. The average Bonchev–Trinajstić information content (AvgIpc) is 3.01. The second-order valence-electron chi connectivity index (χ2n) is 8.64. The van der Waals surface area contributed by atoms with Crippen molar-refractivity contribution in [2.24, 2.45) is 23.2 Å². The van der Waals surface area contributed by atoms with Gasteiger partial charge in [0, 0.05) is 5.41 Å². The van der Waals surface area contributed by atoms with Gasteiger partial charge in [-0.1, -0.05) is 12.1 Å². The number of carbonyl (C=O) groups excluding carboxylic acids is 2. The fourth-order valence-corrected chi connectivity index (χ4v) is 6.07. The number of nitrogens with zero attached hydrogens (tertiary/aromatic N) is 2.